The van der Waals surface area contributed by atoms with E-state index >= 15 is 0 Å². The predicted octanol–water partition coefficient (Wildman–Crippen LogP) is 1.44. The lowest BCUT2D eigenvalue weighted by Crippen LogP contribution is -2.27. The molecule has 0 saturated carbocycles. The number of nitro groups is 1. The Labute approximate surface area is 121 Å². The van der Waals surface area contributed by atoms with Gasteiger partial charge in [0.05, 0.1) is 4.92 Å². The summed E-state index contributed by atoms with van der Waals surface area (Å²) < 4.78 is 45.0. The first-order valence-electron chi connectivity index (χ1n) is 6.42. The van der Waals surface area contributed by atoms with Crippen LogP contribution in [0, 0.1) is 21.8 Å². The Kier molecular flexibility index (Phi) is 4.86. The number of hydrogen-bond acceptors (Lipinski definition) is 5. The molecule has 1 aromatic carbocycles. The van der Waals surface area contributed by atoms with E-state index in [1.165, 1.54) is 0 Å². The zero-order valence-electron chi connectivity index (χ0n) is 11.1. The Morgan fingerprint density at radius 3 is 2.86 bits per heavy atom. The highest BCUT2D eigenvalue weighted by molar-refractivity contribution is 7.89. The molecule has 2 rings (SSSR count). The second-order valence-corrected chi connectivity index (χ2v) is 6.50. The van der Waals surface area contributed by atoms with Crippen molar-refractivity contribution in [1.29, 1.82) is 0 Å². The second kappa shape index (κ2) is 6.46. The fourth-order valence-corrected chi connectivity index (χ4v) is 3.40. The van der Waals surface area contributed by atoms with Crippen LogP contribution in [0.5, 0.6) is 0 Å². The van der Waals surface area contributed by atoms with Crippen LogP contribution in [0.15, 0.2) is 23.1 Å². The lowest BCUT2D eigenvalue weighted by atomic mass is 10.1. The highest BCUT2D eigenvalue weighted by Gasteiger charge is 2.29. The van der Waals surface area contributed by atoms with Crippen molar-refractivity contribution in [2.75, 3.05) is 19.8 Å². The number of halogens is 1. The molecular weight excluding hydrogens is 303 g/mol. The van der Waals surface area contributed by atoms with Crippen LogP contribution >= 0.6 is 0 Å². The van der Waals surface area contributed by atoms with Crippen LogP contribution in [0.1, 0.15) is 12.8 Å². The standard InChI is InChI=1S/C12H15FN2O5S/c13-10-2-1-3-11(12(10)15(16)17)21(18,19)14-6-4-9-5-7-20-8-9/h1-3,9,14H,4-8H2. The summed E-state index contributed by atoms with van der Waals surface area (Å²) >= 11 is 0. The molecular formula is C12H15FN2O5S. The SMILES string of the molecule is O=[N+]([O-])c1c(F)cccc1S(=O)(=O)NCCC1CCOC1. The van der Waals surface area contributed by atoms with Gasteiger partial charge in [0, 0.05) is 19.8 Å². The van der Waals surface area contributed by atoms with Gasteiger partial charge in [-0.05, 0) is 30.9 Å². The van der Waals surface area contributed by atoms with Gasteiger partial charge in [-0.15, -0.1) is 0 Å². The maximum atomic E-state index is 13.4. The predicted molar refractivity (Wildman–Crippen MR) is 71.8 cm³/mol. The van der Waals surface area contributed by atoms with E-state index < -0.39 is 31.3 Å². The number of hydrogen-bond donors (Lipinski definition) is 1. The van der Waals surface area contributed by atoms with Crippen LogP contribution in [0.2, 0.25) is 0 Å². The van der Waals surface area contributed by atoms with Gasteiger partial charge in [0.1, 0.15) is 0 Å². The van der Waals surface area contributed by atoms with E-state index in [2.05, 4.69) is 4.72 Å². The molecule has 0 amide bonds. The molecule has 1 saturated heterocycles. The highest BCUT2D eigenvalue weighted by atomic mass is 32.2. The third-order valence-electron chi connectivity index (χ3n) is 3.29. The van der Waals surface area contributed by atoms with Gasteiger partial charge in [0.25, 0.3) is 0 Å². The molecule has 1 N–H and O–H groups in total. The molecule has 1 aliphatic heterocycles. The lowest BCUT2D eigenvalue weighted by Gasteiger charge is -2.10. The van der Waals surface area contributed by atoms with Gasteiger partial charge in [-0.25, -0.2) is 13.1 Å². The maximum Gasteiger partial charge on any atom is 0.324 e. The minimum absolute atomic E-state index is 0.129. The quantitative estimate of drug-likeness (QED) is 0.632. The number of nitrogens with one attached hydrogen (secondary N) is 1. The van der Waals surface area contributed by atoms with Crippen molar-refractivity contribution in [3.05, 3.63) is 34.1 Å². The van der Waals surface area contributed by atoms with E-state index in [1.807, 2.05) is 0 Å². The average molecular weight is 318 g/mol. The van der Waals surface area contributed by atoms with E-state index in [9.17, 15) is 22.9 Å². The van der Waals surface area contributed by atoms with Crippen molar-refractivity contribution in [1.82, 2.24) is 4.72 Å². The Morgan fingerprint density at radius 1 is 1.48 bits per heavy atom. The van der Waals surface area contributed by atoms with Crippen LogP contribution in [-0.4, -0.2) is 33.1 Å². The molecule has 1 fully saturated rings. The van der Waals surface area contributed by atoms with Crippen LogP contribution < -0.4 is 4.72 Å². The number of para-hydroxylation sites is 1. The maximum absolute atomic E-state index is 13.4. The van der Waals surface area contributed by atoms with Crippen molar-refractivity contribution in [3.8, 4) is 0 Å². The van der Waals surface area contributed by atoms with Gasteiger partial charge in [0.15, 0.2) is 4.90 Å². The fourth-order valence-electron chi connectivity index (χ4n) is 2.18. The van der Waals surface area contributed by atoms with Gasteiger partial charge in [0.2, 0.25) is 15.8 Å². The topological polar surface area (TPSA) is 98.5 Å². The number of rotatable bonds is 6. The summed E-state index contributed by atoms with van der Waals surface area (Å²) in [5.74, 6) is -0.901. The van der Waals surface area contributed by atoms with Crippen LogP contribution in [0.25, 0.3) is 0 Å². The molecule has 0 spiro atoms. The third-order valence-corrected chi connectivity index (χ3v) is 4.78. The van der Waals surface area contributed by atoms with Crippen molar-refractivity contribution in [2.24, 2.45) is 5.92 Å². The van der Waals surface area contributed by atoms with E-state index in [0.29, 0.717) is 19.6 Å². The van der Waals surface area contributed by atoms with Crippen LogP contribution in [0.3, 0.4) is 0 Å². The van der Waals surface area contributed by atoms with Crippen molar-refractivity contribution in [3.63, 3.8) is 0 Å². The van der Waals surface area contributed by atoms with Gasteiger partial charge in [-0.3, -0.25) is 10.1 Å². The lowest BCUT2D eigenvalue weighted by molar-refractivity contribution is -0.390. The first kappa shape index (κ1) is 15.8. The van der Waals surface area contributed by atoms with Gasteiger partial charge in [-0.2, -0.15) is 4.39 Å². The van der Waals surface area contributed by atoms with E-state index in [1.54, 1.807) is 0 Å². The highest BCUT2D eigenvalue weighted by Crippen LogP contribution is 2.26. The van der Waals surface area contributed by atoms with E-state index in [4.69, 9.17) is 4.74 Å². The van der Waals surface area contributed by atoms with E-state index in [0.717, 1.165) is 24.6 Å². The van der Waals surface area contributed by atoms with Crippen molar-refractivity contribution >= 4 is 15.7 Å². The van der Waals surface area contributed by atoms with Crippen LogP contribution in [0.4, 0.5) is 10.1 Å². The molecule has 0 aliphatic carbocycles. The zero-order chi connectivity index (χ0) is 15.5. The molecule has 21 heavy (non-hydrogen) atoms. The largest absolute Gasteiger partial charge is 0.381 e. The zero-order valence-corrected chi connectivity index (χ0v) is 11.9. The Hall–Kier alpha value is -1.58. The Balaban J connectivity index is 2.12. The molecule has 1 aliphatic rings. The summed E-state index contributed by atoms with van der Waals surface area (Å²) in [5.41, 5.74) is -1.03. The van der Waals surface area contributed by atoms with E-state index in [-0.39, 0.29) is 12.5 Å². The molecule has 1 heterocycles. The molecule has 0 aromatic heterocycles. The smallest absolute Gasteiger partial charge is 0.324 e. The molecule has 1 unspecified atom stereocenters. The number of sulfonamides is 1. The molecule has 1 atom stereocenters. The molecule has 0 bridgehead atoms. The first-order chi connectivity index (χ1) is 9.92. The number of nitrogens with zero attached hydrogens (tertiary/aromatic N) is 1. The van der Waals surface area contributed by atoms with Gasteiger partial charge >= 0.3 is 5.69 Å². The summed E-state index contributed by atoms with van der Waals surface area (Å²) in [6.45, 7) is 1.37. The Bertz CT molecular complexity index is 629. The minimum atomic E-state index is -4.12. The van der Waals surface area contributed by atoms with Crippen molar-refractivity contribution < 1.29 is 22.5 Å². The summed E-state index contributed by atoms with van der Waals surface area (Å²) in [4.78, 5) is 9.14. The molecule has 7 nitrogen and oxygen atoms in total. The molecule has 116 valence electrons. The van der Waals surface area contributed by atoms with Crippen LogP contribution in [-0.2, 0) is 14.8 Å². The summed E-state index contributed by atoms with van der Waals surface area (Å²) in [5, 5.41) is 10.8. The van der Waals surface area contributed by atoms with Gasteiger partial charge < -0.3 is 4.74 Å². The monoisotopic (exact) mass is 318 g/mol. The second-order valence-electron chi connectivity index (χ2n) is 4.76. The normalized spacial score (nSPS) is 18.8. The molecule has 9 heteroatoms. The number of ether oxygens (including phenoxy) is 1. The van der Waals surface area contributed by atoms with Crippen molar-refractivity contribution in [2.45, 2.75) is 17.7 Å². The Morgan fingerprint density at radius 2 is 2.24 bits per heavy atom. The number of nitro benzene ring substituents is 1. The minimum Gasteiger partial charge on any atom is -0.381 e. The van der Waals surface area contributed by atoms with Gasteiger partial charge in [-0.1, -0.05) is 6.07 Å². The molecule has 1 aromatic rings. The summed E-state index contributed by atoms with van der Waals surface area (Å²) in [6.07, 6.45) is 1.43. The summed E-state index contributed by atoms with van der Waals surface area (Å²) in [6, 6.07) is 3.00. The average Bonchev–Trinajstić information content (AvgIpc) is 2.91. The first-order valence-corrected chi connectivity index (χ1v) is 7.90. The number of benzene rings is 1. The summed E-state index contributed by atoms with van der Waals surface area (Å²) in [7, 11) is -4.12. The fraction of sp³-hybridized carbons (Fsp3) is 0.500. The third kappa shape index (κ3) is 3.74. The molecule has 0 radical (unpaired) electrons.